The van der Waals surface area contributed by atoms with Crippen LogP contribution < -0.4 is 5.32 Å². The molecule has 130 valence electrons. The molecule has 1 N–H and O–H groups in total. The van der Waals surface area contributed by atoms with Crippen LogP contribution >= 0.6 is 0 Å². The van der Waals surface area contributed by atoms with Crippen molar-refractivity contribution in [2.75, 3.05) is 13.2 Å². The van der Waals surface area contributed by atoms with Gasteiger partial charge in [0.15, 0.2) is 6.61 Å². The van der Waals surface area contributed by atoms with Gasteiger partial charge in [0.05, 0.1) is 0 Å². The summed E-state index contributed by atoms with van der Waals surface area (Å²) in [7, 11) is 0. The van der Waals surface area contributed by atoms with Crippen molar-refractivity contribution in [3.8, 4) is 0 Å². The Morgan fingerprint density at radius 3 is 2.64 bits per heavy atom. The fourth-order valence-electron chi connectivity index (χ4n) is 2.40. The highest BCUT2D eigenvalue weighted by Gasteiger charge is 2.05. The number of esters is 1. The van der Waals surface area contributed by atoms with Crippen LogP contribution in [-0.4, -0.2) is 25.0 Å². The minimum absolute atomic E-state index is 0.273. The average molecular weight is 337 g/mol. The van der Waals surface area contributed by atoms with Crippen molar-refractivity contribution in [2.45, 2.75) is 20.3 Å². The molecule has 0 aliphatic rings. The van der Waals surface area contributed by atoms with Crippen molar-refractivity contribution in [2.24, 2.45) is 0 Å². The second kappa shape index (κ2) is 9.42. The maximum absolute atomic E-state index is 11.7. The highest BCUT2D eigenvalue weighted by molar-refractivity contribution is 5.89. The first kappa shape index (κ1) is 18.5. The first-order valence-corrected chi connectivity index (χ1v) is 8.27. The van der Waals surface area contributed by atoms with Gasteiger partial charge in [-0.2, -0.15) is 0 Å². The fourth-order valence-corrected chi connectivity index (χ4v) is 2.40. The van der Waals surface area contributed by atoms with Crippen molar-refractivity contribution < 1.29 is 14.3 Å². The molecule has 1 amide bonds. The zero-order valence-corrected chi connectivity index (χ0v) is 14.6. The summed E-state index contributed by atoms with van der Waals surface area (Å²) >= 11 is 0. The molecule has 0 unspecified atom stereocenters. The number of hydrogen-bond donors (Lipinski definition) is 1. The van der Waals surface area contributed by atoms with Crippen molar-refractivity contribution >= 4 is 18.0 Å². The van der Waals surface area contributed by atoms with E-state index in [2.05, 4.69) is 5.32 Å². The van der Waals surface area contributed by atoms with Gasteiger partial charge < -0.3 is 10.1 Å². The standard InChI is InChI=1S/C21H23NO3/c1-16-6-5-8-18(14-16)10-11-21(24)25-15-20(23)22-13-12-19-9-4-3-7-17(19)2/h3-11,14H,12-13,15H2,1-2H3,(H,22,23)/b11-10+. The molecule has 2 rings (SSSR count). The van der Waals surface area contributed by atoms with Crippen molar-refractivity contribution in [1.82, 2.24) is 5.32 Å². The summed E-state index contributed by atoms with van der Waals surface area (Å²) in [5.41, 5.74) is 4.42. The number of rotatable bonds is 7. The summed E-state index contributed by atoms with van der Waals surface area (Å²) in [5.74, 6) is -0.832. The van der Waals surface area contributed by atoms with Crippen LogP contribution in [0.1, 0.15) is 22.3 Å². The number of aryl methyl sites for hydroxylation is 2. The Hall–Kier alpha value is -2.88. The van der Waals surface area contributed by atoms with E-state index in [1.807, 2.05) is 62.4 Å². The van der Waals surface area contributed by atoms with Gasteiger partial charge in [-0.05, 0) is 43.0 Å². The SMILES string of the molecule is Cc1cccc(/C=C/C(=O)OCC(=O)NCCc2ccccc2C)c1. The molecule has 4 nitrogen and oxygen atoms in total. The largest absolute Gasteiger partial charge is 0.452 e. The molecule has 0 spiro atoms. The van der Waals surface area contributed by atoms with E-state index in [1.165, 1.54) is 17.2 Å². The Bertz CT molecular complexity index is 765. The van der Waals surface area contributed by atoms with E-state index in [-0.39, 0.29) is 12.5 Å². The average Bonchev–Trinajstić information content (AvgIpc) is 2.60. The minimum atomic E-state index is -0.532. The van der Waals surface area contributed by atoms with Crippen LogP contribution in [0.25, 0.3) is 6.08 Å². The first-order valence-electron chi connectivity index (χ1n) is 8.27. The topological polar surface area (TPSA) is 55.4 Å². The van der Waals surface area contributed by atoms with Crippen LogP contribution in [0, 0.1) is 13.8 Å². The normalized spacial score (nSPS) is 10.6. The third kappa shape index (κ3) is 6.63. The molecule has 2 aromatic carbocycles. The van der Waals surface area contributed by atoms with Crippen LogP contribution in [0.5, 0.6) is 0 Å². The zero-order valence-electron chi connectivity index (χ0n) is 14.6. The minimum Gasteiger partial charge on any atom is -0.452 e. The number of carbonyl (C=O) groups excluding carboxylic acids is 2. The fraction of sp³-hybridized carbons (Fsp3) is 0.238. The number of hydrogen-bond acceptors (Lipinski definition) is 3. The molecular weight excluding hydrogens is 314 g/mol. The third-order valence-electron chi connectivity index (χ3n) is 3.78. The molecule has 0 aliphatic heterocycles. The number of ether oxygens (including phenoxy) is 1. The second-order valence-electron chi connectivity index (χ2n) is 5.88. The zero-order chi connectivity index (χ0) is 18.1. The summed E-state index contributed by atoms with van der Waals surface area (Å²) < 4.78 is 4.94. The lowest BCUT2D eigenvalue weighted by atomic mass is 10.1. The smallest absolute Gasteiger partial charge is 0.331 e. The maximum Gasteiger partial charge on any atom is 0.331 e. The first-order chi connectivity index (χ1) is 12.0. The van der Waals surface area contributed by atoms with Crippen LogP contribution in [-0.2, 0) is 20.7 Å². The van der Waals surface area contributed by atoms with E-state index in [0.29, 0.717) is 6.54 Å². The predicted molar refractivity (Wildman–Crippen MR) is 99.1 cm³/mol. The van der Waals surface area contributed by atoms with E-state index in [1.54, 1.807) is 6.08 Å². The van der Waals surface area contributed by atoms with Gasteiger partial charge in [-0.3, -0.25) is 4.79 Å². The number of nitrogens with one attached hydrogen (secondary N) is 1. The molecule has 0 fully saturated rings. The summed E-state index contributed by atoms with van der Waals surface area (Å²) in [6.07, 6.45) is 3.75. The van der Waals surface area contributed by atoms with Crippen LogP contribution in [0.2, 0.25) is 0 Å². The molecule has 0 atom stereocenters. The summed E-state index contributed by atoms with van der Waals surface area (Å²) in [5, 5.41) is 2.75. The third-order valence-corrected chi connectivity index (χ3v) is 3.78. The summed E-state index contributed by atoms with van der Waals surface area (Å²) in [6.45, 7) is 4.27. The lowest BCUT2D eigenvalue weighted by Crippen LogP contribution is -2.30. The summed E-state index contributed by atoms with van der Waals surface area (Å²) in [6, 6.07) is 15.8. The Morgan fingerprint density at radius 1 is 1.08 bits per heavy atom. The molecule has 0 bridgehead atoms. The Morgan fingerprint density at radius 2 is 1.88 bits per heavy atom. The van der Waals surface area contributed by atoms with Crippen LogP contribution in [0.3, 0.4) is 0 Å². The maximum atomic E-state index is 11.7. The number of benzene rings is 2. The van der Waals surface area contributed by atoms with Gasteiger partial charge in [0.25, 0.3) is 5.91 Å². The van der Waals surface area contributed by atoms with Crippen molar-refractivity contribution in [3.05, 3.63) is 76.9 Å². The molecule has 0 radical (unpaired) electrons. The van der Waals surface area contributed by atoms with E-state index in [0.717, 1.165) is 17.5 Å². The highest BCUT2D eigenvalue weighted by Crippen LogP contribution is 2.07. The van der Waals surface area contributed by atoms with Gasteiger partial charge in [-0.15, -0.1) is 0 Å². The van der Waals surface area contributed by atoms with Crippen LogP contribution in [0.4, 0.5) is 0 Å². The molecule has 2 aromatic rings. The molecule has 0 saturated carbocycles. The Balaban J connectivity index is 1.69. The monoisotopic (exact) mass is 337 g/mol. The lowest BCUT2D eigenvalue weighted by Gasteiger charge is -2.07. The Labute approximate surface area is 148 Å². The van der Waals surface area contributed by atoms with Gasteiger partial charge in [-0.25, -0.2) is 4.79 Å². The van der Waals surface area contributed by atoms with E-state index in [9.17, 15) is 9.59 Å². The molecular formula is C21H23NO3. The number of amides is 1. The highest BCUT2D eigenvalue weighted by atomic mass is 16.5. The van der Waals surface area contributed by atoms with Crippen LogP contribution in [0.15, 0.2) is 54.6 Å². The quantitative estimate of drug-likeness (QED) is 0.623. The molecule has 0 saturated heterocycles. The van der Waals surface area contributed by atoms with Crippen molar-refractivity contribution in [1.29, 1.82) is 0 Å². The van der Waals surface area contributed by atoms with Gasteiger partial charge in [-0.1, -0.05) is 54.1 Å². The van der Waals surface area contributed by atoms with Gasteiger partial charge in [0, 0.05) is 12.6 Å². The van der Waals surface area contributed by atoms with Gasteiger partial charge >= 0.3 is 5.97 Å². The Kier molecular flexibility index (Phi) is 6.96. The van der Waals surface area contributed by atoms with E-state index in [4.69, 9.17) is 4.74 Å². The van der Waals surface area contributed by atoms with Gasteiger partial charge in [0.1, 0.15) is 0 Å². The molecule has 4 heteroatoms. The molecule has 0 heterocycles. The van der Waals surface area contributed by atoms with Crippen molar-refractivity contribution in [3.63, 3.8) is 0 Å². The predicted octanol–water partition coefficient (Wildman–Crippen LogP) is 3.22. The molecule has 25 heavy (non-hydrogen) atoms. The van der Waals surface area contributed by atoms with E-state index >= 15 is 0 Å². The molecule has 0 aromatic heterocycles. The lowest BCUT2D eigenvalue weighted by molar-refractivity contribution is -0.143. The summed E-state index contributed by atoms with van der Waals surface area (Å²) in [4.78, 5) is 23.4. The molecule has 0 aliphatic carbocycles. The number of carbonyl (C=O) groups is 2. The van der Waals surface area contributed by atoms with E-state index < -0.39 is 5.97 Å². The second-order valence-corrected chi connectivity index (χ2v) is 5.88. The van der Waals surface area contributed by atoms with Gasteiger partial charge in [0.2, 0.25) is 0 Å².